The number of amides is 1. The maximum absolute atomic E-state index is 12.3. The molecule has 1 aromatic carbocycles. The molecule has 4 rings (SSSR count). The van der Waals surface area contributed by atoms with Gasteiger partial charge in [-0.3, -0.25) is 9.36 Å². The van der Waals surface area contributed by atoms with Gasteiger partial charge in [0.1, 0.15) is 18.5 Å². The molecule has 120 valence electrons. The molecule has 0 spiro atoms. The molecule has 3 heterocycles. The molecular formula is C18H17N5O. The Balaban J connectivity index is 1.44. The summed E-state index contributed by atoms with van der Waals surface area (Å²) in [5.41, 5.74) is 2.12. The number of pyridine rings is 1. The lowest BCUT2D eigenvalue weighted by atomic mass is 10.00. The fourth-order valence-electron chi connectivity index (χ4n) is 3.12. The van der Waals surface area contributed by atoms with E-state index in [0.29, 0.717) is 12.3 Å². The smallest absolute Gasteiger partial charge is 0.227 e. The second-order valence-corrected chi connectivity index (χ2v) is 6.01. The van der Waals surface area contributed by atoms with E-state index in [1.54, 1.807) is 17.2 Å². The van der Waals surface area contributed by atoms with Gasteiger partial charge in [0.15, 0.2) is 0 Å². The molecule has 0 bridgehead atoms. The van der Waals surface area contributed by atoms with Crippen molar-refractivity contribution in [2.45, 2.75) is 12.8 Å². The number of aromatic nitrogens is 4. The van der Waals surface area contributed by atoms with Crippen molar-refractivity contribution in [2.24, 2.45) is 5.92 Å². The maximum Gasteiger partial charge on any atom is 0.227 e. The Morgan fingerprint density at radius 1 is 1.04 bits per heavy atom. The van der Waals surface area contributed by atoms with Gasteiger partial charge < -0.3 is 4.90 Å². The summed E-state index contributed by atoms with van der Waals surface area (Å²) in [6.07, 6.45) is 6.54. The molecule has 0 radical (unpaired) electrons. The fourth-order valence-corrected chi connectivity index (χ4v) is 3.12. The number of para-hydroxylation sites is 1. The van der Waals surface area contributed by atoms with Crippen LogP contribution < -0.4 is 4.90 Å². The van der Waals surface area contributed by atoms with Gasteiger partial charge in [0, 0.05) is 24.8 Å². The van der Waals surface area contributed by atoms with Crippen LogP contribution in [0.5, 0.6) is 0 Å². The lowest BCUT2D eigenvalue weighted by Crippen LogP contribution is -2.24. The Morgan fingerprint density at radius 2 is 1.83 bits per heavy atom. The first-order chi connectivity index (χ1) is 11.8. The molecule has 3 aromatic rings. The highest BCUT2D eigenvalue weighted by Crippen LogP contribution is 2.27. The van der Waals surface area contributed by atoms with Crippen molar-refractivity contribution in [1.29, 1.82) is 0 Å². The van der Waals surface area contributed by atoms with Crippen LogP contribution in [-0.2, 0) is 11.2 Å². The normalized spacial score (nSPS) is 17.4. The molecule has 1 amide bonds. The van der Waals surface area contributed by atoms with Crippen LogP contribution in [0.1, 0.15) is 12.0 Å². The summed E-state index contributed by atoms with van der Waals surface area (Å²) in [5.74, 6) is 1.30. The minimum Gasteiger partial charge on any atom is -0.312 e. The van der Waals surface area contributed by atoms with Gasteiger partial charge in [0.2, 0.25) is 5.91 Å². The summed E-state index contributed by atoms with van der Waals surface area (Å²) in [6, 6.07) is 13.9. The van der Waals surface area contributed by atoms with Crippen LogP contribution in [0.3, 0.4) is 0 Å². The molecule has 1 aliphatic heterocycles. The topological polar surface area (TPSA) is 63.9 Å². The molecule has 6 heteroatoms. The predicted octanol–water partition coefficient (Wildman–Crippen LogP) is 2.26. The second-order valence-electron chi connectivity index (χ2n) is 6.01. The van der Waals surface area contributed by atoms with Crippen LogP contribution in [0.25, 0.3) is 5.82 Å². The Hall–Kier alpha value is -3.02. The first-order valence-electron chi connectivity index (χ1n) is 7.95. The quantitative estimate of drug-likeness (QED) is 0.740. The molecule has 6 nitrogen and oxygen atoms in total. The van der Waals surface area contributed by atoms with Crippen molar-refractivity contribution >= 4 is 11.6 Å². The number of hydrogen-bond donors (Lipinski definition) is 0. The van der Waals surface area contributed by atoms with Gasteiger partial charge in [0.25, 0.3) is 0 Å². The van der Waals surface area contributed by atoms with E-state index in [-0.39, 0.29) is 5.91 Å². The number of rotatable bonds is 4. The third-order valence-corrected chi connectivity index (χ3v) is 4.29. The average molecular weight is 319 g/mol. The molecule has 0 N–H and O–H groups in total. The van der Waals surface area contributed by atoms with Gasteiger partial charge in [-0.1, -0.05) is 24.3 Å². The van der Waals surface area contributed by atoms with E-state index in [4.69, 9.17) is 0 Å². The number of benzene rings is 1. The van der Waals surface area contributed by atoms with Crippen LogP contribution in [0.2, 0.25) is 0 Å². The van der Waals surface area contributed by atoms with Crippen molar-refractivity contribution in [3.8, 4) is 5.82 Å². The van der Waals surface area contributed by atoms with Gasteiger partial charge >= 0.3 is 0 Å². The molecular weight excluding hydrogens is 302 g/mol. The van der Waals surface area contributed by atoms with E-state index in [9.17, 15) is 4.79 Å². The SMILES string of the molecule is O=C1CC(Cc2ccc(-n3cnnc3)nc2)CN1c1ccccc1. The van der Waals surface area contributed by atoms with Crippen LogP contribution in [-0.4, -0.2) is 32.2 Å². The summed E-state index contributed by atoms with van der Waals surface area (Å²) < 4.78 is 1.76. The zero-order valence-corrected chi connectivity index (χ0v) is 13.1. The monoisotopic (exact) mass is 319 g/mol. The van der Waals surface area contributed by atoms with Crippen molar-refractivity contribution in [2.75, 3.05) is 11.4 Å². The summed E-state index contributed by atoms with van der Waals surface area (Å²) in [7, 11) is 0. The molecule has 1 unspecified atom stereocenters. The number of carbonyl (C=O) groups excluding carboxylic acids is 1. The van der Waals surface area contributed by atoms with Crippen molar-refractivity contribution < 1.29 is 4.79 Å². The molecule has 2 aromatic heterocycles. The number of nitrogens with zero attached hydrogens (tertiary/aromatic N) is 5. The van der Waals surface area contributed by atoms with E-state index in [2.05, 4.69) is 21.2 Å². The van der Waals surface area contributed by atoms with Gasteiger partial charge in [-0.05, 0) is 36.1 Å². The summed E-state index contributed by atoms with van der Waals surface area (Å²) in [5, 5.41) is 7.56. The Morgan fingerprint density at radius 3 is 2.54 bits per heavy atom. The van der Waals surface area contributed by atoms with E-state index in [1.807, 2.05) is 47.5 Å². The van der Waals surface area contributed by atoms with Gasteiger partial charge in [0.05, 0.1) is 0 Å². The average Bonchev–Trinajstić information content (AvgIpc) is 3.26. The highest BCUT2D eigenvalue weighted by atomic mass is 16.2. The first kappa shape index (κ1) is 14.6. The highest BCUT2D eigenvalue weighted by Gasteiger charge is 2.30. The minimum absolute atomic E-state index is 0.195. The van der Waals surface area contributed by atoms with Crippen LogP contribution >= 0.6 is 0 Å². The van der Waals surface area contributed by atoms with Crippen LogP contribution in [0.4, 0.5) is 5.69 Å². The van der Waals surface area contributed by atoms with E-state index < -0.39 is 0 Å². The minimum atomic E-state index is 0.195. The number of hydrogen-bond acceptors (Lipinski definition) is 4. The van der Waals surface area contributed by atoms with E-state index >= 15 is 0 Å². The Labute approximate surface area is 139 Å². The molecule has 24 heavy (non-hydrogen) atoms. The fraction of sp³-hybridized carbons (Fsp3) is 0.222. The number of carbonyl (C=O) groups is 1. The summed E-state index contributed by atoms with van der Waals surface area (Å²) >= 11 is 0. The van der Waals surface area contributed by atoms with E-state index in [0.717, 1.165) is 30.0 Å². The second kappa shape index (κ2) is 6.23. The van der Waals surface area contributed by atoms with Gasteiger partial charge in [-0.25, -0.2) is 4.98 Å². The zero-order valence-electron chi connectivity index (χ0n) is 13.1. The van der Waals surface area contributed by atoms with E-state index in [1.165, 1.54) is 0 Å². The first-order valence-corrected chi connectivity index (χ1v) is 7.95. The van der Waals surface area contributed by atoms with Crippen molar-refractivity contribution in [1.82, 2.24) is 19.7 Å². The number of anilines is 1. The lowest BCUT2D eigenvalue weighted by molar-refractivity contribution is -0.117. The summed E-state index contributed by atoms with van der Waals surface area (Å²) in [4.78, 5) is 18.6. The molecule has 1 fully saturated rings. The molecule has 0 aliphatic carbocycles. The standard InChI is InChI=1S/C18H17N5O/c24-18-9-15(11-23(18)16-4-2-1-3-5-16)8-14-6-7-17(19-10-14)22-12-20-21-13-22/h1-7,10,12-13,15H,8-9,11H2. The Kier molecular flexibility index (Phi) is 3.78. The predicted molar refractivity (Wildman–Crippen MR) is 89.8 cm³/mol. The zero-order chi connectivity index (χ0) is 16.4. The molecule has 1 aliphatic rings. The third-order valence-electron chi connectivity index (χ3n) is 4.29. The Bertz CT molecular complexity index is 814. The van der Waals surface area contributed by atoms with Crippen LogP contribution in [0, 0.1) is 5.92 Å². The maximum atomic E-state index is 12.3. The third kappa shape index (κ3) is 2.90. The highest BCUT2D eigenvalue weighted by molar-refractivity contribution is 5.95. The van der Waals surface area contributed by atoms with Gasteiger partial charge in [-0.2, -0.15) is 0 Å². The molecule has 1 saturated heterocycles. The molecule has 0 saturated carbocycles. The van der Waals surface area contributed by atoms with Crippen LogP contribution in [0.15, 0.2) is 61.3 Å². The summed E-state index contributed by atoms with van der Waals surface area (Å²) in [6.45, 7) is 0.760. The molecule has 1 atom stereocenters. The van der Waals surface area contributed by atoms with Gasteiger partial charge in [-0.15, -0.1) is 10.2 Å². The largest absolute Gasteiger partial charge is 0.312 e. The van der Waals surface area contributed by atoms with Crippen molar-refractivity contribution in [3.05, 3.63) is 66.9 Å². The lowest BCUT2D eigenvalue weighted by Gasteiger charge is -2.16. The van der Waals surface area contributed by atoms with Crippen molar-refractivity contribution in [3.63, 3.8) is 0 Å².